The van der Waals surface area contributed by atoms with Crippen LogP contribution in [0.15, 0.2) is 33.6 Å². The predicted molar refractivity (Wildman–Crippen MR) is 65.0 cm³/mol. The summed E-state index contributed by atoms with van der Waals surface area (Å²) in [6, 6.07) is 6.10. The van der Waals surface area contributed by atoms with Crippen molar-refractivity contribution in [2.45, 2.75) is 4.90 Å². The van der Waals surface area contributed by atoms with Crippen molar-refractivity contribution in [1.82, 2.24) is 14.5 Å². The van der Waals surface area contributed by atoms with Crippen LogP contribution < -0.4 is 5.73 Å². The van der Waals surface area contributed by atoms with Crippen LogP contribution in [0.3, 0.4) is 0 Å². The van der Waals surface area contributed by atoms with E-state index < -0.39 is 10.0 Å². The van der Waals surface area contributed by atoms with E-state index in [1.807, 2.05) is 0 Å². The van der Waals surface area contributed by atoms with Crippen LogP contribution in [0.25, 0.3) is 11.5 Å². The molecule has 0 spiro atoms. The zero-order valence-electron chi connectivity index (χ0n) is 9.86. The lowest BCUT2D eigenvalue weighted by molar-refractivity contribution is 0.520. The summed E-state index contributed by atoms with van der Waals surface area (Å²) in [5, 5.41) is 7.24. The van der Waals surface area contributed by atoms with Gasteiger partial charge in [0.25, 0.3) is 0 Å². The highest BCUT2D eigenvalue weighted by molar-refractivity contribution is 7.89. The van der Waals surface area contributed by atoms with E-state index in [9.17, 15) is 8.42 Å². The van der Waals surface area contributed by atoms with Crippen LogP contribution in [-0.4, -0.2) is 37.0 Å². The number of rotatable bonds is 3. The van der Waals surface area contributed by atoms with Crippen LogP contribution in [-0.2, 0) is 10.0 Å². The lowest BCUT2D eigenvalue weighted by Gasteiger charge is -2.10. The summed E-state index contributed by atoms with van der Waals surface area (Å²) < 4.78 is 29.9. The molecule has 0 radical (unpaired) electrons. The predicted octanol–water partition coefficient (Wildman–Crippen LogP) is 0.569. The number of hydrogen-bond acceptors (Lipinski definition) is 6. The van der Waals surface area contributed by atoms with E-state index in [0.717, 1.165) is 4.31 Å². The molecule has 0 aliphatic carbocycles. The average Bonchev–Trinajstić information content (AvgIpc) is 2.76. The molecule has 0 saturated heterocycles. The number of hydrogen-bond donors (Lipinski definition) is 1. The Morgan fingerprint density at radius 1 is 1.17 bits per heavy atom. The van der Waals surface area contributed by atoms with Crippen molar-refractivity contribution in [3.8, 4) is 11.5 Å². The van der Waals surface area contributed by atoms with Gasteiger partial charge in [0.1, 0.15) is 0 Å². The second-order valence-electron chi connectivity index (χ2n) is 3.76. The number of nitrogens with zero attached hydrogens (tertiary/aromatic N) is 3. The third-order valence-electron chi connectivity index (χ3n) is 2.32. The zero-order valence-corrected chi connectivity index (χ0v) is 10.7. The van der Waals surface area contributed by atoms with E-state index in [0.29, 0.717) is 5.56 Å². The van der Waals surface area contributed by atoms with Gasteiger partial charge < -0.3 is 10.2 Å². The lowest BCUT2D eigenvalue weighted by Crippen LogP contribution is -2.22. The summed E-state index contributed by atoms with van der Waals surface area (Å²) in [5.41, 5.74) is 5.92. The van der Waals surface area contributed by atoms with Gasteiger partial charge in [-0.1, -0.05) is 5.10 Å². The minimum atomic E-state index is -3.43. The molecule has 0 saturated carbocycles. The molecule has 8 heteroatoms. The molecule has 96 valence electrons. The molecule has 1 heterocycles. The van der Waals surface area contributed by atoms with Gasteiger partial charge in [0.05, 0.1) is 4.90 Å². The van der Waals surface area contributed by atoms with Crippen LogP contribution in [0, 0.1) is 0 Å². The number of nitrogen functional groups attached to an aromatic ring is 1. The van der Waals surface area contributed by atoms with Gasteiger partial charge in [0.2, 0.25) is 15.9 Å². The second-order valence-corrected chi connectivity index (χ2v) is 5.91. The lowest BCUT2D eigenvalue weighted by atomic mass is 10.2. The minimum Gasteiger partial charge on any atom is -0.404 e. The molecular weight excluding hydrogens is 256 g/mol. The molecule has 0 aliphatic rings. The van der Waals surface area contributed by atoms with Crippen molar-refractivity contribution < 1.29 is 12.8 Å². The molecule has 0 unspecified atom stereocenters. The Morgan fingerprint density at radius 2 is 1.78 bits per heavy atom. The number of anilines is 1. The molecule has 2 aromatic rings. The van der Waals surface area contributed by atoms with Crippen LogP contribution in [0.5, 0.6) is 0 Å². The van der Waals surface area contributed by atoms with Crippen molar-refractivity contribution in [2.24, 2.45) is 0 Å². The first-order valence-electron chi connectivity index (χ1n) is 5.03. The summed E-state index contributed by atoms with van der Waals surface area (Å²) in [6.07, 6.45) is 0. The molecule has 1 aromatic heterocycles. The Hall–Kier alpha value is -1.93. The van der Waals surface area contributed by atoms with Crippen molar-refractivity contribution in [1.29, 1.82) is 0 Å². The fourth-order valence-corrected chi connectivity index (χ4v) is 2.23. The first-order chi connectivity index (χ1) is 8.41. The van der Waals surface area contributed by atoms with E-state index in [2.05, 4.69) is 10.2 Å². The Labute approximate surface area is 104 Å². The average molecular weight is 268 g/mol. The minimum absolute atomic E-state index is 0.0324. The van der Waals surface area contributed by atoms with Gasteiger partial charge in [0.15, 0.2) is 0 Å². The quantitative estimate of drug-likeness (QED) is 0.873. The molecule has 18 heavy (non-hydrogen) atoms. The van der Waals surface area contributed by atoms with Gasteiger partial charge >= 0.3 is 6.01 Å². The van der Waals surface area contributed by atoms with E-state index in [4.69, 9.17) is 10.2 Å². The fourth-order valence-electron chi connectivity index (χ4n) is 1.33. The van der Waals surface area contributed by atoms with Crippen LogP contribution in [0.2, 0.25) is 0 Å². The van der Waals surface area contributed by atoms with Gasteiger partial charge in [-0.3, -0.25) is 0 Å². The number of benzene rings is 1. The summed E-state index contributed by atoms with van der Waals surface area (Å²) >= 11 is 0. The summed E-state index contributed by atoms with van der Waals surface area (Å²) in [4.78, 5) is 0.198. The van der Waals surface area contributed by atoms with E-state index in [1.165, 1.54) is 26.2 Å². The zero-order chi connectivity index (χ0) is 13.3. The van der Waals surface area contributed by atoms with Crippen LogP contribution in [0.4, 0.5) is 6.01 Å². The maximum Gasteiger partial charge on any atom is 0.313 e. The Balaban J connectivity index is 2.37. The molecule has 0 fully saturated rings. The molecule has 0 aliphatic heterocycles. The van der Waals surface area contributed by atoms with Gasteiger partial charge in [0, 0.05) is 19.7 Å². The normalized spacial score (nSPS) is 11.9. The highest BCUT2D eigenvalue weighted by Gasteiger charge is 2.17. The van der Waals surface area contributed by atoms with Crippen molar-refractivity contribution in [2.75, 3.05) is 19.8 Å². The first-order valence-corrected chi connectivity index (χ1v) is 6.47. The number of aromatic nitrogens is 2. The van der Waals surface area contributed by atoms with Crippen molar-refractivity contribution in [3.05, 3.63) is 24.3 Å². The fraction of sp³-hybridized carbons (Fsp3) is 0.200. The molecular formula is C10H12N4O3S. The molecule has 0 atom stereocenters. The number of nitrogens with two attached hydrogens (primary N) is 1. The highest BCUT2D eigenvalue weighted by Crippen LogP contribution is 2.21. The van der Waals surface area contributed by atoms with Gasteiger partial charge in [-0.05, 0) is 24.3 Å². The monoisotopic (exact) mass is 268 g/mol. The molecule has 0 amide bonds. The van der Waals surface area contributed by atoms with Gasteiger partial charge in [-0.2, -0.15) is 0 Å². The maximum atomic E-state index is 11.8. The Kier molecular flexibility index (Phi) is 3.05. The van der Waals surface area contributed by atoms with Gasteiger partial charge in [-0.25, -0.2) is 12.7 Å². The summed E-state index contributed by atoms with van der Waals surface area (Å²) in [6.45, 7) is 0. The molecule has 2 rings (SSSR count). The third kappa shape index (κ3) is 2.20. The summed E-state index contributed by atoms with van der Waals surface area (Å²) in [7, 11) is -0.480. The Bertz CT molecular complexity index is 646. The van der Waals surface area contributed by atoms with Crippen LogP contribution >= 0.6 is 0 Å². The standard InChI is InChI=1S/C10H12N4O3S/c1-14(2)18(15,16)8-5-3-7(4-6-8)9-12-13-10(11)17-9/h3-6H,1-2H3,(H2,11,13). The van der Waals surface area contributed by atoms with Crippen molar-refractivity contribution in [3.63, 3.8) is 0 Å². The Morgan fingerprint density at radius 3 is 2.22 bits per heavy atom. The maximum absolute atomic E-state index is 11.8. The molecule has 1 aromatic carbocycles. The summed E-state index contributed by atoms with van der Waals surface area (Å²) in [5.74, 6) is 0.251. The second kappa shape index (κ2) is 4.39. The SMILES string of the molecule is CN(C)S(=O)(=O)c1ccc(-c2nnc(N)o2)cc1. The molecule has 0 bridgehead atoms. The van der Waals surface area contributed by atoms with E-state index in [1.54, 1.807) is 12.1 Å². The smallest absolute Gasteiger partial charge is 0.313 e. The third-order valence-corrected chi connectivity index (χ3v) is 4.15. The first kappa shape index (κ1) is 12.5. The highest BCUT2D eigenvalue weighted by atomic mass is 32.2. The molecule has 7 nitrogen and oxygen atoms in total. The molecule has 2 N–H and O–H groups in total. The van der Waals surface area contributed by atoms with Gasteiger partial charge in [-0.15, -0.1) is 5.10 Å². The largest absolute Gasteiger partial charge is 0.404 e. The van der Waals surface area contributed by atoms with E-state index >= 15 is 0 Å². The topological polar surface area (TPSA) is 102 Å². The van der Waals surface area contributed by atoms with Crippen molar-refractivity contribution >= 4 is 16.0 Å². The van der Waals surface area contributed by atoms with E-state index in [-0.39, 0.29) is 16.8 Å². The van der Waals surface area contributed by atoms with Crippen LogP contribution in [0.1, 0.15) is 0 Å². The number of sulfonamides is 1.